The molecule has 3 N–H and O–H groups in total. The Kier molecular flexibility index (Phi) is 3.44. The molecule has 0 aliphatic rings. The van der Waals surface area contributed by atoms with Crippen LogP contribution in [0.4, 0.5) is 17.1 Å². The molecule has 0 unspecified atom stereocenters. The van der Waals surface area contributed by atoms with E-state index in [-0.39, 0.29) is 5.75 Å². The van der Waals surface area contributed by atoms with Gasteiger partial charge in [-0.05, 0) is 42.8 Å². The summed E-state index contributed by atoms with van der Waals surface area (Å²) in [5, 5.41) is 26.3. The molecule has 0 bridgehead atoms. The first-order valence-corrected chi connectivity index (χ1v) is 5.61. The fourth-order valence-electron chi connectivity index (χ4n) is 1.53. The summed E-state index contributed by atoms with van der Waals surface area (Å²) in [7, 11) is 0. The van der Waals surface area contributed by atoms with Gasteiger partial charge in [0.05, 0.1) is 28.7 Å². The first-order valence-electron chi connectivity index (χ1n) is 5.61. The van der Waals surface area contributed by atoms with E-state index >= 15 is 0 Å². The number of hydrogen-bond acceptors (Lipinski definition) is 5. The van der Waals surface area contributed by atoms with Gasteiger partial charge < -0.3 is 10.8 Å². The Morgan fingerprint density at radius 1 is 1.16 bits per heavy atom. The van der Waals surface area contributed by atoms with E-state index in [2.05, 4.69) is 10.2 Å². The average molecular weight is 252 g/mol. The van der Waals surface area contributed by atoms with Crippen molar-refractivity contribution in [3.63, 3.8) is 0 Å². The van der Waals surface area contributed by atoms with Crippen LogP contribution in [0, 0.1) is 18.3 Å². The SMILES string of the molecule is Cc1cc(N)c(O)cc1N=Nc1ccc(C#N)cc1. The minimum Gasteiger partial charge on any atom is -0.506 e. The van der Waals surface area contributed by atoms with Crippen molar-refractivity contribution in [3.05, 3.63) is 47.5 Å². The maximum Gasteiger partial charge on any atom is 0.140 e. The fourth-order valence-corrected chi connectivity index (χ4v) is 1.53. The Hall–Kier alpha value is -2.87. The summed E-state index contributed by atoms with van der Waals surface area (Å²) in [6.45, 7) is 1.84. The third-order valence-electron chi connectivity index (χ3n) is 2.61. The van der Waals surface area contributed by atoms with Gasteiger partial charge in [-0.25, -0.2) is 0 Å². The van der Waals surface area contributed by atoms with E-state index in [1.54, 1.807) is 30.3 Å². The zero-order valence-corrected chi connectivity index (χ0v) is 10.3. The standard InChI is InChI=1S/C14H12N4O/c1-9-6-12(16)14(19)7-13(9)18-17-11-4-2-10(8-15)3-5-11/h2-7,19H,16H2,1H3. The molecule has 19 heavy (non-hydrogen) atoms. The number of phenols is 1. The minimum atomic E-state index is -0.0145. The molecule has 0 atom stereocenters. The van der Waals surface area contributed by atoms with Gasteiger partial charge in [-0.3, -0.25) is 0 Å². The molecule has 0 saturated carbocycles. The molecule has 0 aromatic heterocycles. The predicted octanol–water partition coefficient (Wildman–Crippen LogP) is 3.57. The van der Waals surface area contributed by atoms with Crippen molar-refractivity contribution >= 4 is 17.1 Å². The number of aryl methyl sites for hydroxylation is 1. The van der Waals surface area contributed by atoms with Crippen LogP contribution < -0.4 is 5.73 Å². The Bertz CT molecular complexity index is 669. The summed E-state index contributed by atoms with van der Waals surface area (Å²) in [5.74, 6) is -0.0145. The van der Waals surface area contributed by atoms with Crippen LogP contribution in [0.1, 0.15) is 11.1 Å². The number of azo groups is 1. The Labute approximate surface area is 110 Å². The van der Waals surface area contributed by atoms with E-state index in [0.29, 0.717) is 22.6 Å². The lowest BCUT2D eigenvalue weighted by molar-refractivity contribution is 0.478. The number of benzene rings is 2. The van der Waals surface area contributed by atoms with E-state index in [1.165, 1.54) is 6.07 Å². The molecule has 0 fully saturated rings. The number of hydrogen-bond donors (Lipinski definition) is 2. The zero-order valence-electron chi connectivity index (χ0n) is 10.3. The smallest absolute Gasteiger partial charge is 0.140 e. The topological polar surface area (TPSA) is 94.8 Å². The van der Waals surface area contributed by atoms with Gasteiger partial charge >= 0.3 is 0 Å². The van der Waals surface area contributed by atoms with E-state index in [0.717, 1.165) is 5.56 Å². The summed E-state index contributed by atoms with van der Waals surface area (Å²) in [6.07, 6.45) is 0. The Morgan fingerprint density at radius 2 is 1.84 bits per heavy atom. The number of nitrogen functional groups attached to an aromatic ring is 1. The normalized spacial score (nSPS) is 10.5. The molecule has 94 valence electrons. The van der Waals surface area contributed by atoms with Crippen molar-refractivity contribution in [2.75, 3.05) is 5.73 Å². The molecule has 2 aromatic carbocycles. The first-order chi connectivity index (χ1) is 9.10. The molecule has 0 heterocycles. The average Bonchev–Trinajstić information content (AvgIpc) is 2.42. The summed E-state index contributed by atoms with van der Waals surface area (Å²) in [5.41, 5.74) is 8.47. The molecule has 5 heteroatoms. The lowest BCUT2D eigenvalue weighted by atomic mass is 10.1. The second-order valence-corrected chi connectivity index (χ2v) is 4.06. The molecule has 2 rings (SSSR count). The number of aromatic hydroxyl groups is 1. The van der Waals surface area contributed by atoms with Crippen molar-refractivity contribution in [3.8, 4) is 11.8 Å². The highest BCUT2D eigenvalue weighted by atomic mass is 16.3. The molecule has 2 aromatic rings. The molecule has 0 radical (unpaired) electrons. The van der Waals surface area contributed by atoms with Gasteiger partial charge in [0.2, 0.25) is 0 Å². The highest BCUT2D eigenvalue weighted by Gasteiger charge is 2.03. The highest BCUT2D eigenvalue weighted by molar-refractivity contribution is 5.62. The second kappa shape index (κ2) is 5.19. The van der Waals surface area contributed by atoms with Gasteiger partial charge in [-0.15, -0.1) is 0 Å². The van der Waals surface area contributed by atoms with E-state index < -0.39 is 0 Å². The quantitative estimate of drug-likeness (QED) is 0.486. The van der Waals surface area contributed by atoms with Crippen molar-refractivity contribution in [1.82, 2.24) is 0 Å². The molecule has 0 aliphatic carbocycles. The minimum absolute atomic E-state index is 0.0145. The molecule has 0 amide bonds. The summed E-state index contributed by atoms with van der Waals surface area (Å²) in [6, 6.07) is 11.9. The molecule has 0 saturated heterocycles. The second-order valence-electron chi connectivity index (χ2n) is 4.06. The van der Waals surface area contributed by atoms with E-state index in [1.807, 2.05) is 13.0 Å². The van der Waals surface area contributed by atoms with Gasteiger partial charge in [0, 0.05) is 6.07 Å². The van der Waals surface area contributed by atoms with Crippen LogP contribution in [0.5, 0.6) is 5.75 Å². The van der Waals surface area contributed by atoms with Crippen molar-refractivity contribution in [2.45, 2.75) is 6.92 Å². The third-order valence-corrected chi connectivity index (χ3v) is 2.61. The van der Waals surface area contributed by atoms with E-state index in [9.17, 15) is 5.11 Å². The fraction of sp³-hybridized carbons (Fsp3) is 0.0714. The van der Waals surface area contributed by atoms with Crippen LogP contribution >= 0.6 is 0 Å². The lowest BCUT2D eigenvalue weighted by Gasteiger charge is -2.03. The Balaban J connectivity index is 2.27. The third kappa shape index (κ3) is 2.87. The van der Waals surface area contributed by atoms with Crippen molar-refractivity contribution < 1.29 is 5.11 Å². The van der Waals surface area contributed by atoms with Crippen LogP contribution in [0.25, 0.3) is 0 Å². The Morgan fingerprint density at radius 3 is 2.47 bits per heavy atom. The molecular weight excluding hydrogens is 240 g/mol. The maximum absolute atomic E-state index is 9.53. The summed E-state index contributed by atoms with van der Waals surface area (Å²) < 4.78 is 0. The van der Waals surface area contributed by atoms with E-state index in [4.69, 9.17) is 11.0 Å². The van der Waals surface area contributed by atoms with Crippen LogP contribution in [0.15, 0.2) is 46.6 Å². The van der Waals surface area contributed by atoms with Gasteiger partial charge in [0.25, 0.3) is 0 Å². The molecule has 0 aliphatic heterocycles. The van der Waals surface area contributed by atoms with Gasteiger partial charge in [-0.2, -0.15) is 15.5 Å². The molecule has 5 nitrogen and oxygen atoms in total. The van der Waals surface area contributed by atoms with Gasteiger partial charge in [0.1, 0.15) is 5.75 Å². The molecular formula is C14H12N4O. The van der Waals surface area contributed by atoms with Crippen molar-refractivity contribution in [2.24, 2.45) is 10.2 Å². The van der Waals surface area contributed by atoms with Crippen LogP contribution in [0.3, 0.4) is 0 Å². The van der Waals surface area contributed by atoms with Crippen LogP contribution in [-0.2, 0) is 0 Å². The number of phenolic OH excluding ortho intramolecular Hbond substituents is 1. The predicted molar refractivity (Wildman–Crippen MR) is 72.6 cm³/mol. The number of rotatable bonds is 2. The van der Waals surface area contributed by atoms with Crippen LogP contribution in [0.2, 0.25) is 0 Å². The summed E-state index contributed by atoms with van der Waals surface area (Å²) >= 11 is 0. The number of nitriles is 1. The first kappa shape index (κ1) is 12.6. The number of anilines is 1. The molecule has 0 spiro atoms. The monoisotopic (exact) mass is 252 g/mol. The number of nitrogens with zero attached hydrogens (tertiary/aromatic N) is 3. The highest BCUT2D eigenvalue weighted by Crippen LogP contribution is 2.30. The zero-order chi connectivity index (χ0) is 13.8. The van der Waals surface area contributed by atoms with Gasteiger partial charge in [-0.1, -0.05) is 0 Å². The number of nitrogens with two attached hydrogens (primary N) is 1. The maximum atomic E-state index is 9.53. The van der Waals surface area contributed by atoms with Crippen LogP contribution in [-0.4, -0.2) is 5.11 Å². The van der Waals surface area contributed by atoms with Gasteiger partial charge in [0.15, 0.2) is 0 Å². The lowest BCUT2D eigenvalue weighted by Crippen LogP contribution is -1.86. The summed E-state index contributed by atoms with van der Waals surface area (Å²) in [4.78, 5) is 0. The van der Waals surface area contributed by atoms with Crippen molar-refractivity contribution in [1.29, 1.82) is 5.26 Å². The largest absolute Gasteiger partial charge is 0.506 e.